The lowest BCUT2D eigenvalue weighted by atomic mass is 10.0. The molecule has 0 aliphatic heterocycles. The van der Waals surface area contributed by atoms with Gasteiger partial charge >= 0.3 is 0 Å². The van der Waals surface area contributed by atoms with Gasteiger partial charge in [0, 0.05) is 0 Å². The van der Waals surface area contributed by atoms with Gasteiger partial charge in [0.05, 0.1) is 18.1 Å². The van der Waals surface area contributed by atoms with Crippen molar-refractivity contribution in [1.82, 2.24) is 0 Å². The number of sulfone groups is 1. The van der Waals surface area contributed by atoms with E-state index in [1.54, 1.807) is 6.92 Å². The first-order valence-corrected chi connectivity index (χ1v) is 6.27. The molecule has 0 fully saturated rings. The highest BCUT2D eigenvalue weighted by Gasteiger charge is 2.23. The van der Waals surface area contributed by atoms with Crippen LogP contribution < -0.4 is 0 Å². The fraction of sp³-hybridized carbons (Fsp3) is 1.00. The highest BCUT2D eigenvalue weighted by molar-refractivity contribution is 7.91. The van der Waals surface area contributed by atoms with Gasteiger partial charge in [0.1, 0.15) is 0 Å². The smallest absolute Gasteiger partial charge is 0.151 e. The molecule has 0 saturated heterocycles. The molecule has 0 N–H and O–H groups in total. The quantitative estimate of drug-likeness (QED) is 0.701. The maximum absolute atomic E-state index is 11.5. The van der Waals surface area contributed by atoms with Crippen LogP contribution in [-0.4, -0.2) is 26.5 Å². The Morgan fingerprint density at radius 2 is 1.69 bits per heavy atom. The maximum atomic E-state index is 11.5. The molecule has 1 unspecified atom stereocenters. The lowest BCUT2D eigenvalue weighted by Crippen LogP contribution is -2.26. The van der Waals surface area contributed by atoms with Crippen LogP contribution in [0.2, 0.25) is 0 Å². The first kappa shape index (κ1) is 12.9. The molecule has 13 heavy (non-hydrogen) atoms. The van der Waals surface area contributed by atoms with Crippen molar-refractivity contribution in [2.45, 2.75) is 27.7 Å². The van der Waals surface area contributed by atoms with E-state index in [0.29, 0.717) is 0 Å². The van der Waals surface area contributed by atoms with Crippen LogP contribution >= 0.6 is 0 Å². The van der Waals surface area contributed by atoms with Crippen LogP contribution in [0.25, 0.3) is 0 Å². The molecule has 0 saturated carbocycles. The van der Waals surface area contributed by atoms with Gasteiger partial charge in [-0.2, -0.15) is 0 Å². The lowest BCUT2D eigenvalue weighted by molar-refractivity contribution is 0.159. The predicted molar refractivity (Wildman–Crippen MR) is 52.8 cm³/mol. The van der Waals surface area contributed by atoms with E-state index in [2.05, 4.69) is 0 Å². The topological polar surface area (TPSA) is 54.0 Å². The van der Waals surface area contributed by atoms with E-state index in [9.17, 15) is 13.5 Å². The van der Waals surface area contributed by atoms with E-state index in [0.717, 1.165) is 0 Å². The summed E-state index contributed by atoms with van der Waals surface area (Å²) in [5.41, 5.74) is -0.221. The zero-order chi connectivity index (χ0) is 10.7. The van der Waals surface area contributed by atoms with Crippen LogP contribution in [0.1, 0.15) is 27.7 Å². The monoisotopic (exact) mass is 207 g/mol. The predicted octanol–water partition coefficient (Wildman–Crippen LogP) is 1.51. The second-order valence-corrected chi connectivity index (χ2v) is 7.00. The summed E-state index contributed by atoms with van der Waals surface area (Å²) in [6.45, 7) is 7.00. The van der Waals surface area contributed by atoms with Crippen LogP contribution in [0.15, 0.2) is 0 Å². The standard InChI is InChI=1S/C9H19O3S/c1-8(5-10)6-13(11,12)7-9(2,3)4/h8H,5-7H2,1-4H3. The summed E-state index contributed by atoms with van der Waals surface area (Å²) in [6, 6.07) is 0. The number of rotatable bonds is 4. The average molecular weight is 207 g/mol. The Kier molecular flexibility index (Phi) is 4.39. The summed E-state index contributed by atoms with van der Waals surface area (Å²) in [6.07, 6.45) is 0. The minimum absolute atomic E-state index is 0.0216. The molecule has 1 atom stereocenters. The second-order valence-electron chi connectivity index (χ2n) is 4.89. The Hall–Kier alpha value is -0.0900. The van der Waals surface area contributed by atoms with Crippen LogP contribution in [-0.2, 0) is 14.9 Å². The largest absolute Gasteiger partial charge is 0.236 e. The van der Waals surface area contributed by atoms with Crippen molar-refractivity contribution in [3.05, 3.63) is 0 Å². The van der Waals surface area contributed by atoms with Crippen LogP contribution in [0.3, 0.4) is 0 Å². The van der Waals surface area contributed by atoms with Crippen molar-refractivity contribution in [2.24, 2.45) is 11.3 Å². The molecule has 0 amide bonds. The highest BCUT2D eigenvalue weighted by Crippen LogP contribution is 2.17. The van der Waals surface area contributed by atoms with E-state index in [4.69, 9.17) is 0 Å². The third-order valence-electron chi connectivity index (χ3n) is 1.48. The Morgan fingerprint density at radius 1 is 1.23 bits per heavy atom. The van der Waals surface area contributed by atoms with E-state index in [-0.39, 0.29) is 29.4 Å². The molecule has 0 bridgehead atoms. The van der Waals surface area contributed by atoms with Crippen molar-refractivity contribution in [3.63, 3.8) is 0 Å². The molecule has 0 aromatic rings. The van der Waals surface area contributed by atoms with E-state index in [1.807, 2.05) is 20.8 Å². The normalized spacial score (nSPS) is 15.8. The molecule has 3 nitrogen and oxygen atoms in total. The Morgan fingerprint density at radius 3 is 2.00 bits per heavy atom. The molecular weight excluding hydrogens is 188 g/mol. The summed E-state index contributed by atoms with van der Waals surface area (Å²) < 4.78 is 23.0. The van der Waals surface area contributed by atoms with Gasteiger partial charge in [-0.1, -0.05) is 27.7 Å². The molecule has 0 aromatic carbocycles. The molecule has 79 valence electrons. The maximum Gasteiger partial charge on any atom is 0.151 e. The third kappa shape index (κ3) is 7.02. The Balaban J connectivity index is 4.27. The molecule has 0 aliphatic carbocycles. The molecule has 4 heteroatoms. The Labute approximate surface area is 81.1 Å². The van der Waals surface area contributed by atoms with Gasteiger partial charge in [-0.25, -0.2) is 13.5 Å². The summed E-state index contributed by atoms with van der Waals surface area (Å²) in [5.74, 6) is -0.0923. The second kappa shape index (κ2) is 4.42. The average Bonchev–Trinajstić information content (AvgIpc) is 1.80. The molecular formula is C9H19O3S. The minimum Gasteiger partial charge on any atom is -0.236 e. The van der Waals surface area contributed by atoms with Gasteiger partial charge in [-0.3, -0.25) is 0 Å². The molecule has 0 rings (SSSR count). The van der Waals surface area contributed by atoms with Crippen LogP contribution in [0.4, 0.5) is 0 Å². The molecule has 0 aliphatic rings. The van der Waals surface area contributed by atoms with Gasteiger partial charge in [0.2, 0.25) is 0 Å². The summed E-state index contributed by atoms with van der Waals surface area (Å²) in [5, 5.41) is 10.4. The number of hydrogen-bond donors (Lipinski definition) is 0. The van der Waals surface area contributed by atoms with Crippen molar-refractivity contribution < 1.29 is 13.5 Å². The molecule has 0 heterocycles. The van der Waals surface area contributed by atoms with E-state index >= 15 is 0 Å². The van der Waals surface area contributed by atoms with Crippen LogP contribution in [0, 0.1) is 11.3 Å². The van der Waals surface area contributed by atoms with Gasteiger partial charge in [-0.15, -0.1) is 0 Å². The fourth-order valence-electron chi connectivity index (χ4n) is 1.20. The van der Waals surface area contributed by atoms with Gasteiger partial charge in [-0.05, 0) is 11.3 Å². The molecule has 1 radical (unpaired) electrons. The Bertz CT molecular complexity index is 236. The zero-order valence-electron chi connectivity index (χ0n) is 8.83. The number of hydrogen-bond acceptors (Lipinski definition) is 2. The SMILES string of the molecule is CC(C[O])CS(=O)(=O)CC(C)(C)C. The van der Waals surface area contributed by atoms with Crippen molar-refractivity contribution in [2.75, 3.05) is 18.1 Å². The van der Waals surface area contributed by atoms with Crippen molar-refractivity contribution in [3.8, 4) is 0 Å². The fourth-order valence-corrected chi connectivity index (χ4v) is 3.60. The highest BCUT2D eigenvalue weighted by atomic mass is 32.2. The lowest BCUT2D eigenvalue weighted by Gasteiger charge is -2.18. The summed E-state index contributed by atoms with van der Waals surface area (Å²) in [7, 11) is -3.05. The molecule has 0 aromatic heterocycles. The molecule has 0 spiro atoms. The van der Waals surface area contributed by atoms with Crippen molar-refractivity contribution >= 4 is 9.84 Å². The first-order chi connectivity index (χ1) is 5.66. The van der Waals surface area contributed by atoms with Gasteiger partial charge < -0.3 is 0 Å². The van der Waals surface area contributed by atoms with E-state index in [1.165, 1.54) is 0 Å². The van der Waals surface area contributed by atoms with E-state index < -0.39 is 9.84 Å². The summed E-state index contributed by atoms with van der Waals surface area (Å²) in [4.78, 5) is 0. The minimum atomic E-state index is -3.05. The van der Waals surface area contributed by atoms with Crippen molar-refractivity contribution in [1.29, 1.82) is 0 Å². The third-order valence-corrected chi connectivity index (χ3v) is 3.86. The van der Waals surface area contributed by atoms with Crippen LogP contribution in [0.5, 0.6) is 0 Å². The van der Waals surface area contributed by atoms with Gasteiger partial charge in [0.15, 0.2) is 9.84 Å². The summed E-state index contributed by atoms with van der Waals surface area (Å²) >= 11 is 0. The van der Waals surface area contributed by atoms with Gasteiger partial charge in [0.25, 0.3) is 0 Å². The zero-order valence-corrected chi connectivity index (χ0v) is 9.65. The first-order valence-electron chi connectivity index (χ1n) is 4.45.